The molecule has 20 heavy (non-hydrogen) atoms. The lowest BCUT2D eigenvalue weighted by Gasteiger charge is -2.17. The van der Waals surface area contributed by atoms with E-state index in [9.17, 15) is 5.11 Å². The van der Waals surface area contributed by atoms with Crippen LogP contribution >= 0.6 is 37.2 Å². The van der Waals surface area contributed by atoms with Crippen molar-refractivity contribution < 1.29 is 15.3 Å². The molecule has 0 amide bonds. The molecule has 1 aromatic rings. The number of nitrogens with zero attached hydrogens (tertiary/aromatic N) is 1. The van der Waals surface area contributed by atoms with Gasteiger partial charge in [-0.25, -0.2) is 0 Å². The van der Waals surface area contributed by atoms with Crippen molar-refractivity contribution in [3.63, 3.8) is 0 Å². The van der Waals surface area contributed by atoms with Gasteiger partial charge < -0.3 is 31.7 Å². The number of nitrogen functional groups attached to an aromatic ring is 2. The number of halogens is 3. The summed E-state index contributed by atoms with van der Waals surface area (Å²) in [6.07, 6.45) is -0.535. The van der Waals surface area contributed by atoms with E-state index in [-0.39, 0.29) is 49.3 Å². The maximum absolute atomic E-state index is 9.59. The largest absolute Gasteiger partial charge is 0.489 e. The Hall–Kier alpha value is -0.630. The van der Waals surface area contributed by atoms with E-state index in [0.717, 1.165) is 0 Å². The van der Waals surface area contributed by atoms with Crippen LogP contribution in [0.15, 0.2) is 18.2 Å². The van der Waals surface area contributed by atoms with E-state index in [1.54, 1.807) is 18.2 Å². The average Bonchev–Trinajstić information content (AvgIpc) is 2.15. The number of nitrogens with two attached hydrogens (primary N) is 2. The highest BCUT2D eigenvalue weighted by Crippen LogP contribution is 2.23. The molecule has 0 fully saturated rings. The first-order chi connectivity index (χ1) is 7.49. The molecule has 1 unspecified atom stereocenters. The van der Waals surface area contributed by atoms with E-state index in [1.165, 1.54) is 0 Å². The number of likely N-dealkylation sites (N-methyl/N-ethyl adjacent to an activating group) is 1. The highest BCUT2D eigenvalue weighted by atomic mass is 35.5. The number of aliphatic hydroxyl groups is 1. The van der Waals surface area contributed by atoms with E-state index in [4.69, 9.17) is 16.2 Å². The van der Waals surface area contributed by atoms with Crippen molar-refractivity contribution >= 4 is 48.6 Å². The monoisotopic (exact) mass is 351 g/mol. The summed E-state index contributed by atoms with van der Waals surface area (Å²) in [5, 5.41) is 9.59. The fourth-order valence-electron chi connectivity index (χ4n) is 1.36. The summed E-state index contributed by atoms with van der Waals surface area (Å²) in [5.74, 6) is 0.548. The van der Waals surface area contributed by atoms with Gasteiger partial charge in [-0.05, 0) is 32.3 Å². The van der Waals surface area contributed by atoms with Crippen LogP contribution in [0.1, 0.15) is 0 Å². The average molecular weight is 353 g/mol. The minimum absolute atomic E-state index is 0. The molecular weight excluding hydrogens is 328 g/mol. The summed E-state index contributed by atoms with van der Waals surface area (Å²) in [6.45, 7) is 0.765. The Morgan fingerprint density at radius 1 is 1.20 bits per heavy atom. The molecular formula is C11H24Cl3N3O3. The van der Waals surface area contributed by atoms with Crippen LogP contribution in [0.25, 0.3) is 0 Å². The molecule has 0 spiro atoms. The maximum Gasteiger partial charge on any atom is 0.142 e. The second-order valence-corrected chi connectivity index (χ2v) is 4.02. The van der Waals surface area contributed by atoms with Crippen molar-refractivity contribution in [2.75, 3.05) is 38.7 Å². The second-order valence-electron chi connectivity index (χ2n) is 4.02. The van der Waals surface area contributed by atoms with Crippen molar-refractivity contribution in [2.45, 2.75) is 6.10 Å². The highest BCUT2D eigenvalue weighted by Gasteiger charge is 2.08. The molecule has 0 aliphatic carbocycles. The predicted molar refractivity (Wildman–Crippen MR) is 90.7 cm³/mol. The van der Waals surface area contributed by atoms with Crippen LogP contribution in [0.2, 0.25) is 0 Å². The van der Waals surface area contributed by atoms with Gasteiger partial charge in [-0.3, -0.25) is 0 Å². The molecule has 0 aliphatic rings. The Kier molecular flexibility index (Phi) is 18.5. The molecule has 6 nitrogen and oxygen atoms in total. The standard InChI is InChI=1S/C11H19N3O2.3ClH.H2O/c1-14(2)6-9(15)7-16-11-4-3-8(12)5-10(11)13;;;;/h3-5,9,15H,6-7,12-13H2,1-2H3;3*1H;1H2. The Morgan fingerprint density at radius 3 is 2.20 bits per heavy atom. The smallest absolute Gasteiger partial charge is 0.142 e. The molecule has 0 saturated carbocycles. The fourth-order valence-corrected chi connectivity index (χ4v) is 1.36. The van der Waals surface area contributed by atoms with Crippen LogP contribution in [0.5, 0.6) is 5.75 Å². The first-order valence-electron chi connectivity index (χ1n) is 5.09. The topological polar surface area (TPSA) is 116 Å². The number of benzene rings is 1. The minimum Gasteiger partial charge on any atom is -0.489 e. The number of hydrogen-bond donors (Lipinski definition) is 3. The zero-order chi connectivity index (χ0) is 12.1. The van der Waals surface area contributed by atoms with Crippen LogP contribution < -0.4 is 16.2 Å². The fraction of sp³-hybridized carbons (Fsp3) is 0.455. The number of anilines is 2. The lowest BCUT2D eigenvalue weighted by molar-refractivity contribution is 0.0834. The molecule has 9 heteroatoms. The Labute approximate surface area is 138 Å². The third-order valence-corrected chi connectivity index (χ3v) is 2.04. The molecule has 122 valence electrons. The summed E-state index contributed by atoms with van der Waals surface area (Å²) in [7, 11) is 3.78. The molecule has 0 radical (unpaired) electrons. The highest BCUT2D eigenvalue weighted by molar-refractivity contribution is 5.86. The SMILES string of the molecule is CN(C)CC(O)COc1ccc(N)cc1N.Cl.Cl.Cl.O. The zero-order valence-corrected chi connectivity index (χ0v) is 13.9. The summed E-state index contributed by atoms with van der Waals surface area (Å²) >= 11 is 0. The van der Waals surface area contributed by atoms with Gasteiger partial charge in [0.2, 0.25) is 0 Å². The van der Waals surface area contributed by atoms with Crippen LogP contribution in [0.4, 0.5) is 11.4 Å². The van der Waals surface area contributed by atoms with Gasteiger partial charge in [0.15, 0.2) is 0 Å². The number of hydrogen-bond acceptors (Lipinski definition) is 5. The molecule has 0 aliphatic heterocycles. The quantitative estimate of drug-likeness (QED) is 0.671. The first kappa shape index (κ1) is 27.7. The zero-order valence-electron chi connectivity index (χ0n) is 11.4. The first-order valence-corrected chi connectivity index (χ1v) is 5.09. The van der Waals surface area contributed by atoms with Crippen LogP contribution in [-0.4, -0.2) is 48.8 Å². The van der Waals surface area contributed by atoms with Gasteiger partial charge in [0.05, 0.1) is 5.69 Å². The van der Waals surface area contributed by atoms with Gasteiger partial charge in [0.25, 0.3) is 0 Å². The summed E-state index contributed by atoms with van der Waals surface area (Å²) in [5.41, 5.74) is 12.3. The lowest BCUT2D eigenvalue weighted by atomic mass is 10.2. The number of rotatable bonds is 5. The summed E-state index contributed by atoms with van der Waals surface area (Å²) < 4.78 is 5.40. The van der Waals surface area contributed by atoms with Crippen molar-refractivity contribution in [3.05, 3.63) is 18.2 Å². The van der Waals surface area contributed by atoms with E-state index < -0.39 is 6.10 Å². The number of aliphatic hydroxyl groups excluding tert-OH is 1. The molecule has 1 aromatic carbocycles. The van der Waals surface area contributed by atoms with Crippen molar-refractivity contribution in [3.8, 4) is 5.75 Å². The second kappa shape index (κ2) is 13.4. The van der Waals surface area contributed by atoms with Crippen molar-refractivity contribution in [2.24, 2.45) is 0 Å². The van der Waals surface area contributed by atoms with E-state index in [2.05, 4.69) is 0 Å². The number of ether oxygens (including phenoxy) is 1. The molecule has 0 heterocycles. The van der Waals surface area contributed by atoms with E-state index in [0.29, 0.717) is 23.7 Å². The molecule has 0 aromatic heterocycles. The third kappa shape index (κ3) is 10.2. The Bertz CT molecular complexity index is 357. The van der Waals surface area contributed by atoms with Gasteiger partial charge in [-0.2, -0.15) is 0 Å². The molecule has 0 bridgehead atoms. The normalized spacial score (nSPS) is 10.2. The molecule has 1 rings (SSSR count). The Balaban J connectivity index is -0.000000320. The van der Waals surface area contributed by atoms with Gasteiger partial charge in [0, 0.05) is 12.2 Å². The lowest BCUT2D eigenvalue weighted by Crippen LogP contribution is -2.30. The van der Waals surface area contributed by atoms with Crippen molar-refractivity contribution in [1.29, 1.82) is 0 Å². The van der Waals surface area contributed by atoms with Crippen LogP contribution in [0.3, 0.4) is 0 Å². The van der Waals surface area contributed by atoms with Crippen LogP contribution in [-0.2, 0) is 0 Å². The van der Waals surface area contributed by atoms with E-state index >= 15 is 0 Å². The van der Waals surface area contributed by atoms with Gasteiger partial charge in [-0.15, -0.1) is 37.2 Å². The van der Waals surface area contributed by atoms with Gasteiger partial charge in [-0.1, -0.05) is 0 Å². The molecule has 0 saturated heterocycles. The van der Waals surface area contributed by atoms with Crippen LogP contribution in [0, 0.1) is 0 Å². The predicted octanol–water partition coefficient (Wildman–Crippen LogP) is 0.593. The summed E-state index contributed by atoms with van der Waals surface area (Å²) in [6, 6.07) is 5.05. The van der Waals surface area contributed by atoms with Gasteiger partial charge in [0.1, 0.15) is 18.5 Å². The molecule has 1 atom stereocenters. The minimum atomic E-state index is -0.535. The third-order valence-electron chi connectivity index (χ3n) is 2.04. The molecule has 7 N–H and O–H groups in total. The van der Waals surface area contributed by atoms with E-state index in [1.807, 2.05) is 19.0 Å². The Morgan fingerprint density at radius 2 is 1.75 bits per heavy atom. The maximum atomic E-state index is 9.59. The summed E-state index contributed by atoms with van der Waals surface area (Å²) in [4.78, 5) is 1.89. The van der Waals surface area contributed by atoms with Gasteiger partial charge >= 0.3 is 0 Å². The van der Waals surface area contributed by atoms with Crippen molar-refractivity contribution in [1.82, 2.24) is 4.90 Å².